The second kappa shape index (κ2) is 8.48. The van der Waals surface area contributed by atoms with Gasteiger partial charge in [-0.3, -0.25) is 5.01 Å². The van der Waals surface area contributed by atoms with Gasteiger partial charge in [0.25, 0.3) is 0 Å². The quantitative estimate of drug-likeness (QED) is 0.213. The molecule has 0 aliphatic heterocycles. The Labute approximate surface area is 93.8 Å². The number of allylic oxidation sites excluding steroid dienone is 2. The minimum atomic E-state index is 0.0483. The van der Waals surface area contributed by atoms with Gasteiger partial charge in [-0.25, -0.2) is 0 Å². The van der Waals surface area contributed by atoms with Crippen LogP contribution in [0.2, 0.25) is 0 Å². The van der Waals surface area contributed by atoms with E-state index >= 15 is 0 Å². The zero-order valence-electron chi connectivity index (χ0n) is 10.7. The molecule has 0 aliphatic rings. The normalized spacial score (nSPS) is 14.6. The fraction of sp³-hybridized carbons (Fsp3) is 0.750. The third kappa shape index (κ3) is 7.14. The van der Waals surface area contributed by atoms with E-state index in [4.69, 9.17) is 4.74 Å². The van der Waals surface area contributed by atoms with Gasteiger partial charge in [-0.15, -0.1) is 0 Å². The summed E-state index contributed by atoms with van der Waals surface area (Å²) in [6.45, 7) is 8.92. The standard InChI is InChI=1S/C12H24N2O/c1-6-11(3)9-8-10-15-12(4)14(5)13-7-2/h6-7,12H,8-10H2,1-5H3/b11-6+,13-7-. The van der Waals surface area contributed by atoms with Gasteiger partial charge in [-0.2, -0.15) is 5.10 Å². The third-order valence-electron chi connectivity index (χ3n) is 2.39. The molecule has 0 spiro atoms. The van der Waals surface area contributed by atoms with E-state index in [9.17, 15) is 0 Å². The van der Waals surface area contributed by atoms with E-state index in [2.05, 4.69) is 25.0 Å². The molecule has 0 saturated heterocycles. The Morgan fingerprint density at radius 3 is 2.67 bits per heavy atom. The van der Waals surface area contributed by atoms with Crippen molar-refractivity contribution in [1.29, 1.82) is 0 Å². The number of rotatable bonds is 7. The van der Waals surface area contributed by atoms with Crippen LogP contribution in [-0.2, 0) is 4.74 Å². The highest BCUT2D eigenvalue weighted by Gasteiger charge is 2.05. The molecule has 0 saturated carbocycles. The first-order valence-electron chi connectivity index (χ1n) is 5.56. The first-order chi connectivity index (χ1) is 7.11. The Morgan fingerprint density at radius 1 is 1.47 bits per heavy atom. The zero-order valence-corrected chi connectivity index (χ0v) is 10.7. The van der Waals surface area contributed by atoms with E-state index in [0.717, 1.165) is 19.4 Å². The van der Waals surface area contributed by atoms with Gasteiger partial charge < -0.3 is 4.74 Å². The molecule has 0 amide bonds. The predicted octanol–water partition coefficient (Wildman–Crippen LogP) is 3.03. The minimum absolute atomic E-state index is 0.0483. The van der Waals surface area contributed by atoms with Crippen molar-refractivity contribution in [3.8, 4) is 0 Å². The summed E-state index contributed by atoms with van der Waals surface area (Å²) in [5.41, 5.74) is 1.42. The zero-order chi connectivity index (χ0) is 11.7. The highest BCUT2D eigenvalue weighted by atomic mass is 16.5. The summed E-state index contributed by atoms with van der Waals surface area (Å²) in [5.74, 6) is 0. The third-order valence-corrected chi connectivity index (χ3v) is 2.39. The molecule has 0 aromatic carbocycles. The Bertz CT molecular complexity index is 212. The number of hydrazone groups is 1. The molecule has 1 unspecified atom stereocenters. The summed E-state index contributed by atoms with van der Waals surface area (Å²) in [5, 5.41) is 5.95. The summed E-state index contributed by atoms with van der Waals surface area (Å²) in [7, 11) is 1.92. The summed E-state index contributed by atoms with van der Waals surface area (Å²) in [4.78, 5) is 0. The van der Waals surface area contributed by atoms with Gasteiger partial charge in [0.1, 0.15) is 6.23 Å². The molecule has 0 N–H and O–H groups in total. The van der Waals surface area contributed by atoms with Gasteiger partial charge >= 0.3 is 0 Å². The van der Waals surface area contributed by atoms with Crippen molar-refractivity contribution in [3.05, 3.63) is 11.6 Å². The lowest BCUT2D eigenvalue weighted by Gasteiger charge is -2.21. The van der Waals surface area contributed by atoms with E-state index in [1.165, 1.54) is 5.57 Å². The summed E-state index contributed by atoms with van der Waals surface area (Å²) < 4.78 is 5.64. The molecule has 3 nitrogen and oxygen atoms in total. The Balaban J connectivity index is 3.59. The van der Waals surface area contributed by atoms with Crippen LogP contribution in [0.15, 0.2) is 16.8 Å². The van der Waals surface area contributed by atoms with Crippen LogP contribution in [0.5, 0.6) is 0 Å². The first-order valence-corrected chi connectivity index (χ1v) is 5.56. The Morgan fingerprint density at radius 2 is 2.13 bits per heavy atom. The SMILES string of the molecule is C/C=N\N(C)C(C)OCCC/C(C)=C/C. The van der Waals surface area contributed by atoms with Crippen LogP contribution in [0.4, 0.5) is 0 Å². The van der Waals surface area contributed by atoms with Crippen molar-refractivity contribution in [2.75, 3.05) is 13.7 Å². The van der Waals surface area contributed by atoms with E-state index in [1.54, 1.807) is 6.21 Å². The fourth-order valence-electron chi connectivity index (χ4n) is 1.13. The molecule has 0 aromatic heterocycles. The van der Waals surface area contributed by atoms with Gasteiger partial charge in [-0.1, -0.05) is 11.6 Å². The lowest BCUT2D eigenvalue weighted by Crippen LogP contribution is -2.27. The van der Waals surface area contributed by atoms with Gasteiger partial charge in [0.05, 0.1) is 0 Å². The average Bonchev–Trinajstić information content (AvgIpc) is 2.23. The Kier molecular flexibility index (Phi) is 8.01. The molecule has 0 aliphatic carbocycles. The monoisotopic (exact) mass is 212 g/mol. The van der Waals surface area contributed by atoms with Crippen molar-refractivity contribution >= 4 is 6.21 Å². The minimum Gasteiger partial charge on any atom is -0.357 e. The van der Waals surface area contributed by atoms with Crippen molar-refractivity contribution in [1.82, 2.24) is 5.01 Å². The van der Waals surface area contributed by atoms with Crippen LogP contribution in [0.3, 0.4) is 0 Å². The number of ether oxygens (including phenoxy) is 1. The fourth-order valence-corrected chi connectivity index (χ4v) is 1.13. The van der Waals surface area contributed by atoms with Crippen LogP contribution < -0.4 is 0 Å². The molecule has 0 heterocycles. The van der Waals surface area contributed by atoms with Crippen LogP contribution in [-0.4, -0.2) is 31.1 Å². The molecule has 88 valence electrons. The highest BCUT2D eigenvalue weighted by Crippen LogP contribution is 2.05. The molecular formula is C12H24N2O. The van der Waals surface area contributed by atoms with Crippen LogP contribution in [0.25, 0.3) is 0 Å². The van der Waals surface area contributed by atoms with Crippen molar-refractivity contribution in [2.45, 2.75) is 46.8 Å². The molecule has 0 rings (SSSR count). The van der Waals surface area contributed by atoms with E-state index in [1.807, 2.05) is 25.9 Å². The Hall–Kier alpha value is -0.830. The van der Waals surface area contributed by atoms with Gasteiger partial charge in [-0.05, 0) is 40.5 Å². The smallest absolute Gasteiger partial charge is 0.142 e. The lowest BCUT2D eigenvalue weighted by molar-refractivity contribution is -0.0342. The van der Waals surface area contributed by atoms with E-state index in [-0.39, 0.29) is 6.23 Å². The maximum Gasteiger partial charge on any atom is 0.142 e. The molecule has 3 heteroatoms. The van der Waals surface area contributed by atoms with Gasteiger partial charge in [0.15, 0.2) is 0 Å². The maximum absolute atomic E-state index is 5.64. The second-order valence-electron chi connectivity index (χ2n) is 3.66. The van der Waals surface area contributed by atoms with E-state index in [0.29, 0.717) is 0 Å². The van der Waals surface area contributed by atoms with Crippen molar-refractivity contribution in [2.24, 2.45) is 5.10 Å². The number of hydrogen-bond donors (Lipinski definition) is 0. The average molecular weight is 212 g/mol. The van der Waals surface area contributed by atoms with Crippen LogP contribution in [0.1, 0.15) is 40.5 Å². The molecule has 1 atom stereocenters. The number of nitrogens with zero attached hydrogens (tertiary/aromatic N) is 2. The van der Waals surface area contributed by atoms with Gasteiger partial charge in [0.2, 0.25) is 0 Å². The first kappa shape index (κ1) is 14.2. The van der Waals surface area contributed by atoms with Gasteiger partial charge in [0, 0.05) is 19.9 Å². The highest BCUT2D eigenvalue weighted by molar-refractivity contribution is 5.52. The molecule has 0 bridgehead atoms. The van der Waals surface area contributed by atoms with Crippen molar-refractivity contribution in [3.63, 3.8) is 0 Å². The van der Waals surface area contributed by atoms with E-state index < -0.39 is 0 Å². The summed E-state index contributed by atoms with van der Waals surface area (Å²) in [6, 6.07) is 0. The summed E-state index contributed by atoms with van der Waals surface area (Å²) >= 11 is 0. The molecular weight excluding hydrogens is 188 g/mol. The van der Waals surface area contributed by atoms with Crippen LogP contribution >= 0.6 is 0 Å². The number of hydrogen-bond acceptors (Lipinski definition) is 3. The van der Waals surface area contributed by atoms with Crippen LogP contribution in [0, 0.1) is 0 Å². The largest absolute Gasteiger partial charge is 0.357 e. The molecule has 0 radical (unpaired) electrons. The molecule has 0 aromatic rings. The molecule has 0 fully saturated rings. The molecule has 15 heavy (non-hydrogen) atoms. The topological polar surface area (TPSA) is 24.8 Å². The lowest BCUT2D eigenvalue weighted by atomic mass is 10.2. The summed E-state index contributed by atoms with van der Waals surface area (Å²) in [6.07, 6.45) is 6.15. The van der Waals surface area contributed by atoms with Crippen molar-refractivity contribution < 1.29 is 4.74 Å². The second-order valence-corrected chi connectivity index (χ2v) is 3.66. The maximum atomic E-state index is 5.64. The predicted molar refractivity (Wildman–Crippen MR) is 66.0 cm³/mol.